The first-order valence-electron chi connectivity index (χ1n) is 10.6. The minimum atomic E-state index is -4.18. The summed E-state index contributed by atoms with van der Waals surface area (Å²) in [6, 6.07) is 8.04. The number of ether oxygens (including phenoxy) is 1. The Kier molecular flexibility index (Phi) is 5.65. The molecule has 0 unspecified atom stereocenters. The van der Waals surface area contributed by atoms with Gasteiger partial charge < -0.3 is 10.1 Å². The first-order valence-corrected chi connectivity index (χ1v) is 12.1. The van der Waals surface area contributed by atoms with E-state index in [0.717, 1.165) is 22.3 Å². The lowest BCUT2D eigenvalue weighted by Crippen LogP contribution is -2.36. The number of hydrogen-bond acceptors (Lipinski definition) is 6. The van der Waals surface area contributed by atoms with Gasteiger partial charge in [-0.1, -0.05) is 25.5 Å². The standard InChI is InChI=1S/C23H27N5O4S/c1-14(2)17-10-15(3)11-18-16-6-8-24-19(12-16)32-13-23(4,5)28-9-7-20(26-28)33(30,31)27-22(29)25-21(17)18/h6-12,14H,13H2,1-5H3,(H2,25,27,29). The molecule has 2 N–H and O–H groups in total. The Bertz CT molecular complexity index is 1330. The lowest BCUT2D eigenvalue weighted by molar-refractivity contribution is 0.164. The van der Waals surface area contributed by atoms with E-state index in [1.165, 1.54) is 10.7 Å². The maximum absolute atomic E-state index is 12.9. The number of carbonyl (C=O) groups excluding carboxylic acids is 1. The molecule has 3 aromatic rings. The SMILES string of the molecule is Cc1cc2c(c(C(C)C)c1)NC(=O)NS(=O)(=O)c1ccn(n1)C(C)(C)COc1cc-2ccn1. The van der Waals surface area contributed by atoms with Crippen molar-refractivity contribution in [1.82, 2.24) is 19.5 Å². The number of anilines is 1. The molecule has 0 aliphatic carbocycles. The van der Waals surface area contributed by atoms with Gasteiger partial charge in [0.05, 0.1) is 11.2 Å². The number of hydrogen-bond donors (Lipinski definition) is 2. The van der Waals surface area contributed by atoms with Crippen LogP contribution < -0.4 is 14.8 Å². The molecular weight excluding hydrogens is 442 g/mol. The van der Waals surface area contributed by atoms with E-state index >= 15 is 0 Å². The van der Waals surface area contributed by atoms with Crippen LogP contribution >= 0.6 is 0 Å². The number of nitrogens with one attached hydrogen (secondary N) is 2. The molecule has 4 bridgehead atoms. The van der Waals surface area contributed by atoms with Gasteiger partial charge in [0, 0.05) is 24.0 Å². The minimum Gasteiger partial charge on any atom is -0.475 e. The zero-order valence-electron chi connectivity index (χ0n) is 19.2. The number of amides is 2. The molecule has 0 fully saturated rings. The number of sulfonamides is 1. The maximum atomic E-state index is 12.9. The van der Waals surface area contributed by atoms with Crippen LogP contribution in [0.15, 0.2) is 47.8 Å². The number of aromatic nitrogens is 3. The summed E-state index contributed by atoms with van der Waals surface area (Å²) in [5.41, 5.74) is 3.28. The first-order chi connectivity index (χ1) is 15.5. The van der Waals surface area contributed by atoms with Gasteiger partial charge in [-0.05, 0) is 56.0 Å². The van der Waals surface area contributed by atoms with Crippen LogP contribution in [0.5, 0.6) is 5.88 Å². The van der Waals surface area contributed by atoms with Crippen molar-refractivity contribution in [2.45, 2.75) is 51.1 Å². The summed E-state index contributed by atoms with van der Waals surface area (Å²) >= 11 is 0. The Morgan fingerprint density at radius 3 is 2.67 bits per heavy atom. The molecule has 0 spiro atoms. The lowest BCUT2D eigenvalue weighted by atomic mass is 9.92. The number of nitrogens with zero attached hydrogens (tertiary/aromatic N) is 3. The molecule has 10 heteroatoms. The maximum Gasteiger partial charge on any atom is 0.333 e. The zero-order chi connectivity index (χ0) is 24.0. The van der Waals surface area contributed by atoms with E-state index in [1.807, 2.05) is 58.9 Å². The fourth-order valence-corrected chi connectivity index (χ4v) is 4.55. The first kappa shape index (κ1) is 22.8. The van der Waals surface area contributed by atoms with Gasteiger partial charge in [0.15, 0.2) is 5.03 Å². The highest BCUT2D eigenvalue weighted by Crippen LogP contribution is 2.37. The van der Waals surface area contributed by atoms with Crippen LogP contribution in [-0.4, -0.2) is 35.8 Å². The highest BCUT2D eigenvalue weighted by Gasteiger charge is 2.28. The van der Waals surface area contributed by atoms with E-state index in [2.05, 4.69) is 20.1 Å². The van der Waals surface area contributed by atoms with Crippen molar-refractivity contribution in [2.75, 3.05) is 11.9 Å². The third kappa shape index (κ3) is 4.56. The number of rotatable bonds is 1. The lowest BCUT2D eigenvalue weighted by Gasteiger charge is -2.25. The Labute approximate surface area is 193 Å². The summed E-state index contributed by atoms with van der Waals surface area (Å²) in [6.45, 7) is 9.93. The zero-order valence-corrected chi connectivity index (χ0v) is 20.0. The van der Waals surface area contributed by atoms with Crippen molar-refractivity contribution in [3.63, 3.8) is 0 Å². The summed E-state index contributed by atoms with van der Waals surface area (Å²) in [6.07, 6.45) is 3.19. The highest BCUT2D eigenvalue weighted by molar-refractivity contribution is 7.90. The molecule has 1 aromatic carbocycles. The van der Waals surface area contributed by atoms with E-state index < -0.39 is 21.6 Å². The summed E-state index contributed by atoms with van der Waals surface area (Å²) < 4.78 is 35.2. The molecule has 33 heavy (non-hydrogen) atoms. The Hall–Kier alpha value is -3.40. The number of urea groups is 1. The van der Waals surface area contributed by atoms with Crippen LogP contribution in [0.4, 0.5) is 10.5 Å². The molecule has 3 heterocycles. The van der Waals surface area contributed by atoms with Gasteiger partial charge in [0.25, 0.3) is 10.0 Å². The van der Waals surface area contributed by atoms with Crippen LogP contribution in [0.2, 0.25) is 0 Å². The van der Waals surface area contributed by atoms with Crippen molar-refractivity contribution in [2.24, 2.45) is 0 Å². The number of aryl methyl sites for hydroxylation is 1. The topological polar surface area (TPSA) is 115 Å². The molecule has 2 amide bonds. The van der Waals surface area contributed by atoms with Gasteiger partial charge >= 0.3 is 6.03 Å². The molecule has 2 aromatic heterocycles. The highest BCUT2D eigenvalue weighted by atomic mass is 32.2. The van der Waals surface area contributed by atoms with Gasteiger partial charge in [-0.25, -0.2) is 14.5 Å². The molecule has 0 saturated carbocycles. The summed E-state index contributed by atoms with van der Waals surface area (Å²) in [7, 11) is -4.18. The summed E-state index contributed by atoms with van der Waals surface area (Å²) in [4.78, 5) is 17.2. The summed E-state index contributed by atoms with van der Waals surface area (Å²) in [5, 5.41) is 6.69. The van der Waals surface area contributed by atoms with Crippen LogP contribution in [-0.2, 0) is 15.6 Å². The smallest absolute Gasteiger partial charge is 0.333 e. The van der Waals surface area contributed by atoms with Gasteiger partial charge in [0.2, 0.25) is 5.88 Å². The van der Waals surface area contributed by atoms with Crippen molar-refractivity contribution in [1.29, 1.82) is 0 Å². The predicted molar refractivity (Wildman–Crippen MR) is 125 cm³/mol. The third-order valence-electron chi connectivity index (χ3n) is 5.48. The van der Waals surface area contributed by atoms with Gasteiger partial charge in [-0.3, -0.25) is 4.68 Å². The van der Waals surface area contributed by atoms with E-state index in [4.69, 9.17) is 4.74 Å². The minimum absolute atomic E-state index is 0.0756. The molecule has 0 saturated heterocycles. The van der Waals surface area contributed by atoms with Crippen molar-refractivity contribution in [3.8, 4) is 17.0 Å². The predicted octanol–water partition coefficient (Wildman–Crippen LogP) is 4.01. The third-order valence-corrected chi connectivity index (χ3v) is 6.70. The second kappa shape index (κ2) is 8.18. The van der Waals surface area contributed by atoms with E-state index in [-0.39, 0.29) is 17.6 Å². The molecule has 0 radical (unpaired) electrons. The van der Waals surface area contributed by atoms with Crippen molar-refractivity contribution >= 4 is 21.7 Å². The fourth-order valence-electron chi connectivity index (χ4n) is 3.71. The number of fused-ring (bicyclic) bond motifs is 6. The molecule has 4 rings (SSSR count). The van der Waals surface area contributed by atoms with E-state index in [9.17, 15) is 13.2 Å². The number of pyridine rings is 1. The van der Waals surface area contributed by atoms with Gasteiger partial charge in [0.1, 0.15) is 6.61 Å². The molecule has 1 aliphatic rings. The second-order valence-corrected chi connectivity index (χ2v) is 10.7. The average molecular weight is 470 g/mol. The fraction of sp³-hybridized carbons (Fsp3) is 0.348. The van der Waals surface area contributed by atoms with E-state index in [1.54, 1.807) is 12.4 Å². The second-order valence-electron chi connectivity index (χ2n) is 9.07. The van der Waals surface area contributed by atoms with E-state index in [0.29, 0.717) is 11.6 Å². The van der Waals surface area contributed by atoms with Crippen molar-refractivity contribution in [3.05, 3.63) is 53.9 Å². The van der Waals surface area contributed by atoms with Crippen LogP contribution in [0.25, 0.3) is 11.1 Å². The molecular formula is C23H27N5O4S. The van der Waals surface area contributed by atoms with Crippen LogP contribution in [0, 0.1) is 6.92 Å². The van der Waals surface area contributed by atoms with Gasteiger partial charge in [-0.2, -0.15) is 13.5 Å². The largest absolute Gasteiger partial charge is 0.475 e. The average Bonchev–Trinajstić information content (AvgIpc) is 3.25. The van der Waals surface area contributed by atoms with Crippen LogP contribution in [0.1, 0.15) is 44.7 Å². The summed E-state index contributed by atoms with van der Waals surface area (Å²) in [5.74, 6) is 0.491. The van der Waals surface area contributed by atoms with Crippen LogP contribution in [0.3, 0.4) is 0 Å². The molecule has 9 nitrogen and oxygen atoms in total. The number of carbonyl (C=O) groups is 1. The number of benzene rings is 1. The molecule has 1 aliphatic heterocycles. The molecule has 174 valence electrons. The normalized spacial score (nSPS) is 17.1. The monoisotopic (exact) mass is 469 g/mol. The Morgan fingerprint density at radius 2 is 1.94 bits per heavy atom. The van der Waals surface area contributed by atoms with Gasteiger partial charge in [-0.15, -0.1) is 0 Å². The quantitative estimate of drug-likeness (QED) is 0.556. The molecule has 0 atom stereocenters. The van der Waals surface area contributed by atoms with Crippen molar-refractivity contribution < 1.29 is 17.9 Å². The Morgan fingerprint density at radius 1 is 1.18 bits per heavy atom. The Balaban J connectivity index is 1.91.